The zero-order valence-corrected chi connectivity index (χ0v) is 19.4. The van der Waals surface area contributed by atoms with Gasteiger partial charge < -0.3 is 19.7 Å². The van der Waals surface area contributed by atoms with Gasteiger partial charge in [-0.2, -0.15) is 0 Å². The molecule has 4 atom stereocenters. The Labute approximate surface area is 194 Å². The highest BCUT2D eigenvalue weighted by Gasteiger charge is 2.39. The molecule has 0 unspecified atom stereocenters. The van der Waals surface area contributed by atoms with Gasteiger partial charge >= 0.3 is 5.97 Å². The van der Waals surface area contributed by atoms with Crippen molar-refractivity contribution in [2.75, 3.05) is 6.61 Å². The molecule has 0 bridgehead atoms. The highest BCUT2D eigenvalue weighted by atomic mass is 35.5. The van der Waals surface area contributed by atoms with Crippen LogP contribution in [0.25, 0.3) is 0 Å². The van der Waals surface area contributed by atoms with Crippen LogP contribution >= 0.6 is 11.6 Å². The molecule has 176 valence electrons. The summed E-state index contributed by atoms with van der Waals surface area (Å²) in [4.78, 5) is 23.8. The molecular weight excluding hydrogens is 432 g/mol. The Balaban J connectivity index is 1.79. The fraction of sp³-hybridized carbons (Fsp3) is 0.520. The predicted molar refractivity (Wildman–Crippen MR) is 124 cm³/mol. The topological polar surface area (TPSA) is 93.1 Å². The predicted octanol–water partition coefficient (Wildman–Crippen LogP) is 4.27. The normalized spacial score (nSPS) is 22.2. The Kier molecular flexibility index (Phi) is 10.9. The van der Waals surface area contributed by atoms with Crippen LogP contribution in [0.15, 0.2) is 48.6 Å². The second-order valence-corrected chi connectivity index (χ2v) is 8.72. The number of benzene rings is 1. The number of rotatable bonds is 12. The number of ketones is 1. The standard InChI is InChI=1S/C25H33ClO6/c1-17(2)32-25(30)11-6-4-3-5-10-21-22(24(29)15-23(21)28)13-12-19(27)16-31-20-9-7-8-18(26)14-20/h3,5,7-9,12-14,17,19,21-23,27-28H,4,6,10-11,15-16H2,1-2H3/b5-3-,13-12+/t19-,21-,22-,23+/m1/s1. The largest absolute Gasteiger partial charge is 0.491 e. The van der Waals surface area contributed by atoms with Gasteiger partial charge in [0.1, 0.15) is 24.2 Å². The van der Waals surface area contributed by atoms with Crippen LogP contribution in [0, 0.1) is 11.8 Å². The summed E-state index contributed by atoms with van der Waals surface area (Å²) in [7, 11) is 0. The quantitative estimate of drug-likeness (QED) is 0.272. The minimum absolute atomic E-state index is 0.0319. The zero-order chi connectivity index (χ0) is 23.5. The van der Waals surface area contributed by atoms with Gasteiger partial charge in [0, 0.05) is 29.7 Å². The van der Waals surface area contributed by atoms with Crippen LogP contribution < -0.4 is 4.74 Å². The van der Waals surface area contributed by atoms with Crippen molar-refractivity contribution in [3.8, 4) is 5.75 Å². The number of halogens is 1. The first kappa shape index (κ1) is 26.1. The first-order valence-electron chi connectivity index (χ1n) is 11.1. The monoisotopic (exact) mass is 464 g/mol. The van der Waals surface area contributed by atoms with Crippen molar-refractivity contribution in [2.45, 2.75) is 64.3 Å². The van der Waals surface area contributed by atoms with E-state index in [9.17, 15) is 19.8 Å². The number of ether oxygens (including phenoxy) is 2. The number of aliphatic hydroxyl groups excluding tert-OH is 2. The van der Waals surface area contributed by atoms with Crippen molar-refractivity contribution in [3.63, 3.8) is 0 Å². The van der Waals surface area contributed by atoms with Crippen LogP contribution in [0.2, 0.25) is 5.02 Å². The second-order valence-electron chi connectivity index (χ2n) is 8.29. The van der Waals surface area contributed by atoms with E-state index in [4.69, 9.17) is 21.1 Å². The molecule has 0 aromatic heterocycles. The fourth-order valence-electron chi connectivity index (χ4n) is 3.62. The molecule has 1 aromatic carbocycles. The SMILES string of the molecule is CC(C)OC(=O)CCC/C=C\C[C@H]1[C@@H](O)CC(=O)[C@@H]1/C=C/[C@@H](O)COc1cccc(Cl)c1. The minimum Gasteiger partial charge on any atom is -0.491 e. The number of hydrogen-bond acceptors (Lipinski definition) is 6. The van der Waals surface area contributed by atoms with E-state index < -0.39 is 18.1 Å². The maximum atomic E-state index is 12.3. The molecule has 2 rings (SSSR count). The maximum Gasteiger partial charge on any atom is 0.306 e. The number of esters is 1. The van der Waals surface area contributed by atoms with Gasteiger partial charge in [0.2, 0.25) is 0 Å². The van der Waals surface area contributed by atoms with Crippen LogP contribution in [0.3, 0.4) is 0 Å². The molecule has 7 heteroatoms. The molecule has 1 aliphatic carbocycles. The van der Waals surface area contributed by atoms with Gasteiger partial charge in [0.15, 0.2) is 0 Å². The first-order chi connectivity index (χ1) is 15.3. The smallest absolute Gasteiger partial charge is 0.306 e. The molecule has 0 heterocycles. The lowest BCUT2D eigenvalue weighted by atomic mass is 9.90. The molecule has 2 N–H and O–H groups in total. The van der Waals surface area contributed by atoms with Crippen LogP contribution in [0.1, 0.15) is 46.0 Å². The van der Waals surface area contributed by atoms with Gasteiger partial charge in [-0.1, -0.05) is 42.0 Å². The number of allylic oxidation sites excluding steroid dienone is 3. The highest BCUT2D eigenvalue weighted by molar-refractivity contribution is 6.30. The first-order valence-corrected chi connectivity index (χ1v) is 11.4. The van der Waals surface area contributed by atoms with E-state index in [1.165, 1.54) is 0 Å². The average molecular weight is 465 g/mol. The number of Topliss-reactive ketones (excluding diaryl/α,β-unsaturated/α-hetero) is 1. The summed E-state index contributed by atoms with van der Waals surface area (Å²) in [6.45, 7) is 3.68. The van der Waals surface area contributed by atoms with Crippen molar-refractivity contribution in [1.82, 2.24) is 0 Å². The maximum absolute atomic E-state index is 12.3. The van der Waals surface area contributed by atoms with Crippen LogP contribution in [0.4, 0.5) is 0 Å². The number of carbonyl (C=O) groups excluding carboxylic acids is 2. The Bertz CT molecular complexity index is 803. The van der Waals surface area contributed by atoms with E-state index in [-0.39, 0.29) is 36.8 Å². The third kappa shape index (κ3) is 9.15. The fourth-order valence-corrected chi connectivity index (χ4v) is 3.80. The molecule has 32 heavy (non-hydrogen) atoms. The zero-order valence-electron chi connectivity index (χ0n) is 18.7. The summed E-state index contributed by atoms with van der Waals surface area (Å²) in [6.07, 6.45) is 7.88. The van der Waals surface area contributed by atoms with Gasteiger partial charge in [0.25, 0.3) is 0 Å². The molecule has 0 amide bonds. The Hall–Kier alpha value is -2.15. The van der Waals surface area contributed by atoms with Gasteiger partial charge in [-0.25, -0.2) is 0 Å². The second kappa shape index (κ2) is 13.4. The van der Waals surface area contributed by atoms with Crippen molar-refractivity contribution < 1.29 is 29.3 Å². The summed E-state index contributed by atoms with van der Waals surface area (Å²) in [5, 5.41) is 21.0. The number of carbonyl (C=O) groups is 2. The molecule has 1 saturated carbocycles. The lowest BCUT2D eigenvalue weighted by Gasteiger charge is -2.17. The number of hydrogen-bond donors (Lipinski definition) is 2. The van der Waals surface area contributed by atoms with E-state index in [1.807, 2.05) is 26.0 Å². The Morgan fingerprint density at radius 2 is 2.09 bits per heavy atom. The lowest BCUT2D eigenvalue weighted by Crippen LogP contribution is -2.20. The van der Waals surface area contributed by atoms with Crippen molar-refractivity contribution in [3.05, 3.63) is 53.6 Å². The summed E-state index contributed by atoms with van der Waals surface area (Å²) in [5.74, 6) is -0.365. The molecule has 0 aliphatic heterocycles. The molecule has 1 fully saturated rings. The van der Waals surface area contributed by atoms with Gasteiger partial charge in [-0.15, -0.1) is 0 Å². The van der Waals surface area contributed by atoms with E-state index in [2.05, 4.69) is 0 Å². The molecule has 0 radical (unpaired) electrons. The molecule has 1 aromatic rings. The third-order valence-electron chi connectivity index (χ3n) is 5.19. The molecule has 0 spiro atoms. The molecule has 0 saturated heterocycles. The van der Waals surface area contributed by atoms with Gasteiger partial charge in [-0.05, 0) is 51.3 Å². The van der Waals surface area contributed by atoms with E-state index in [0.717, 1.165) is 6.42 Å². The van der Waals surface area contributed by atoms with Crippen molar-refractivity contribution in [2.24, 2.45) is 11.8 Å². The number of unbranched alkanes of at least 4 members (excludes halogenated alkanes) is 1. The highest BCUT2D eigenvalue weighted by Crippen LogP contribution is 2.33. The summed E-state index contributed by atoms with van der Waals surface area (Å²) in [5.41, 5.74) is 0. The van der Waals surface area contributed by atoms with Gasteiger partial charge in [-0.3, -0.25) is 9.59 Å². The van der Waals surface area contributed by atoms with Crippen LogP contribution in [-0.2, 0) is 14.3 Å². The molecule has 6 nitrogen and oxygen atoms in total. The van der Waals surface area contributed by atoms with Crippen LogP contribution in [0.5, 0.6) is 5.75 Å². The van der Waals surface area contributed by atoms with E-state index in [0.29, 0.717) is 30.0 Å². The minimum atomic E-state index is -0.888. The Morgan fingerprint density at radius 1 is 1.31 bits per heavy atom. The van der Waals surface area contributed by atoms with Crippen molar-refractivity contribution >= 4 is 23.4 Å². The van der Waals surface area contributed by atoms with E-state index >= 15 is 0 Å². The van der Waals surface area contributed by atoms with Gasteiger partial charge in [0.05, 0.1) is 12.2 Å². The summed E-state index contributed by atoms with van der Waals surface area (Å²) >= 11 is 5.91. The Morgan fingerprint density at radius 3 is 2.81 bits per heavy atom. The molecule has 1 aliphatic rings. The lowest BCUT2D eigenvalue weighted by molar-refractivity contribution is -0.147. The summed E-state index contributed by atoms with van der Waals surface area (Å²) < 4.78 is 10.6. The van der Waals surface area contributed by atoms with Crippen LogP contribution in [-0.4, -0.2) is 46.9 Å². The summed E-state index contributed by atoms with van der Waals surface area (Å²) in [6, 6.07) is 6.89. The third-order valence-corrected chi connectivity index (χ3v) is 5.42. The molecular formula is C25H33ClO6. The van der Waals surface area contributed by atoms with Crippen molar-refractivity contribution in [1.29, 1.82) is 0 Å². The number of aliphatic hydroxyl groups is 2. The average Bonchev–Trinajstić information content (AvgIpc) is 2.99. The van der Waals surface area contributed by atoms with E-state index in [1.54, 1.807) is 36.4 Å².